The molecule has 0 aliphatic heterocycles. The van der Waals surface area contributed by atoms with Crippen LogP contribution in [0.5, 0.6) is 0 Å². The Hall–Kier alpha value is -0.933. The third kappa shape index (κ3) is 7.06. The zero-order chi connectivity index (χ0) is 18.3. The molecule has 2 aromatic rings. The molecule has 1 unspecified atom stereocenters. The normalized spacial score (nSPS) is 13.2. The molecule has 0 saturated heterocycles. The lowest BCUT2D eigenvalue weighted by molar-refractivity contribution is 0.504. The van der Waals surface area contributed by atoms with Crippen LogP contribution in [0.1, 0.15) is 51.8 Å². The van der Waals surface area contributed by atoms with Crippen LogP contribution in [0.15, 0.2) is 53.1 Å². The highest BCUT2D eigenvalue weighted by molar-refractivity contribution is 9.10. The van der Waals surface area contributed by atoms with Crippen molar-refractivity contribution in [3.63, 3.8) is 0 Å². The summed E-state index contributed by atoms with van der Waals surface area (Å²) in [5, 5.41) is 0.410. The maximum Gasteiger partial charge on any atom is 0.0605 e. The number of nitrogens with zero attached hydrogens (tertiary/aromatic N) is 1. The van der Waals surface area contributed by atoms with Gasteiger partial charge < -0.3 is 0 Å². The second-order valence-electron chi connectivity index (χ2n) is 7.99. The molecule has 1 aromatic heterocycles. The van der Waals surface area contributed by atoms with Gasteiger partial charge in [-0.3, -0.25) is 4.98 Å². The van der Waals surface area contributed by atoms with Gasteiger partial charge in [-0.1, -0.05) is 74.3 Å². The van der Waals surface area contributed by atoms with Crippen molar-refractivity contribution in [2.45, 2.75) is 64.1 Å². The zero-order valence-electron chi connectivity index (χ0n) is 16.1. The van der Waals surface area contributed by atoms with E-state index < -0.39 is 8.80 Å². The number of aromatic nitrogens is 1. The lowest BCUT2D eigenvalue weighted by Crippen LogP contribution is -2.31. The third-order valence-corrected chi connectivity index (χ3v) is 9.56. The first-order valence-corrected chi connectivity index (χ1v) is 12.1. The molecule has 0 saturated carbocycles. The summed E-state index contributed by atoms with van der Waals surface area (Å²) < 4.78 is 1.16. The van der Waals surface area contributed by atoms with Gasteiger partial charge in [-0.15, -0.1) is 0 Å². The fourth-order valence-corrected chi connectivity index (χ4v) is 6.57. The van der Waals surface area contributed by atoms with Crippen LogP contribution < -0.4 is 0 Å². The van der Waals surface area contributed by atoms with Gasteiger partial charge in [-0.2, -0.15) is 0 Å². The van der Waals surface area contributed by atoms with Gasteiger partial charge in [0.25, 0.3) is 0 Å². The van der Waals surface area contributed by atoms with Crippen molar-refractivity contribution >= 4 is 24.7 Å². The Bertz CT molecular complexity index is 619. The van der Waals surface area contributed by atoms with Gasteiger partial charge in [0.2, 0.25) is 0 Å². The Balaban J connectivity index is 1.98. The van der Waals surface area contributed by atoms with Crippen molar-refractivity contribution in [1.29, 1.82) is 0 Å². The van der Waals surface area contributed by atoms with E-state index in [1.807, 2.05) is 12.3 Å². The maximum absolute atomic E-state index is 4.59. The average molecular weight is 417 g/mol. The Labute approximate surface area is 164 Å². The summed E-state index contributed by atoms with van der Waals surface area (Å²) in [4.78, 5) is 4.59. The van der Waals surface area contributed by atoms with Gasteiger partial charge in [-0.05, 0) is 59.7 Å². The number of aryl methyl sites for hydroxylation is 1. The highest BCUT2D eigenvalue weighted by Crippen LogP contribution is 2.35. The molecule has 1 aromatic carbocycles. The van der Waals surface area contributed by atoms with Crippen molar-refractivity contribution in [2.75, 3.05) is 0 Å². The van der Waals surface area contributed by atoms with E-state index in [2.05, 4.69) is 85.0 Å². The highest BCUT2D eigenvalue weighted by atomic mass is 79.9. The predicted molar refractivity (Wildman–Crippen MR) is 114 cm³/mol. The molecule has 0 aliphatic carbocycles. The highest BCUT2D eigenvalue weighted by Gasteiger charge is 2.29. The maximum atomic E-state index is 4.59. The molecule has 0 aliphatic rings. The summed E-state index contributed by atoms with van der Waals surface area (Å²) in [5.74, 6) is 0.820. The number of rotatable bonds is 8. The largest absolute Gasteiger partial charge is 0.262 e. The smallest absolute Gasteiger partial charge is 0.0605 e. The fourth-order valence-electron chi connectivity index (χ4n) is 3.19. The van der Waals surface area contributed by atoms with Gasteiger partial charge in [0.1, 0.15) is 0 Å². The molecule has 0 amide bonds. The molecule has 0 spiro atoms. The minimum Gasteiger partial charge on any atom is -0.262 e. The summed E-state index contributed by atoms with van der Waals surface area (Å²) in [5.41, 5.74) is 2.73. The van der Waals surface area contributed by atoms with Gasteiger partial charge in [0.15, 0.2) is 0 Å². The quantitative estimate of drug-likeness (QED) is 0.427. The van der Waals surface area contributed by atoms with Crippen molar-refractivity contribution in [1.82, 2.24) is 4.98 Å². The number of hydrogen-bond donors (Lipinski definition) is 0. The van der Waals surface area contributed by atoms with Crippen molar-refractivity contribution in [3.05, 3.63) is 64.4 Å². The Morgan fingerprint density at radius 1 is 1.08 bits per heavy atom. The van der Waals surface area contributed by atoms with E-state index in [9.17, 15) is 0 Å². The molecule has 2 rings (SSSR count). The molecule has 1 nitrogen and oxygen atoms in total. The summed E-state index contributed by atoms with van der Waals surface area (Å²) in [6.45, 7) is 9.62. The van der Waals surface area contributed by atoms with Crippen LogP contribution in [-0.2, 0) is 12.5 Å². The van der Waals surface area contributed by atoms with Crippen LogP contribution >= 0.6 is 15.9 Å². The van der Waals surface area contributed by atoms with E-state index in [1.165, 1.54) is 42.6 Å². The van der Waals surface area contributed by atoms with E-state index in [-0.39, 0.29) is 0 Å². The lowest BCUT2D eigenvalue weighted by Gasteiger charge is -2.32. The minimum absolute atomic E-state index is 0.410. The molecule has 135 valence electrons. The first kappa shape index (κ1) is 20.4. The first-order valence-electron chi connectivity index (χ1n) is 9.38. The van der Waals surface area contributed by atoms with Crippen LogP contribution in [0.25, 0.3) is 0 Å². The van der Waals surface area contributed by atoms with Gasteiger partial charge in [-0.25, -0.2) is 0 Å². The van der Waals surface area contributed by atoms with Gasteiger partial charge in [0.05, 0.1) is 8.80 Å². The SMILES string of the molecule is CCC(CCc1ccc(Br)cc1)C[Si](Cc1ccccn1)C(C)(C)C. The van der Waals surface area contributed by atoms with E-state index in [0.717, 1.165) is 10.4 Å². The Kier molecular flexibility index (Phi) is 7.89. The van der Waals surface area contributed by atoms with Crippen LogP contribution in [0.2, 0.25) is 11.1 Å². The number of halogens is 1. The first-order chi connectivity index (χ1) is 11.9. The topological polar surface area (TPSA) is 12.9 Å². The van der Waals surface area contributed by atoms with Crippen molar-refractivity contribution < 1.29 is 0 Å². The molecule has 1 radical (unpaired) electrons. The van der Waals surface area contributed by atoms with E-state index >= 15 is 0 Å². The van der Waals surface area contributed by atoms with Gasteiger partial charge >= 0.3 is 0 Å². The standard InChI is InChI=1S/C22H31BrNSi/c1-5-18(9-10-19-11-13-20(23)14-12-19)16-25(22(2,3)4)17-21-8-6-7-15-24-21/h6-8,11-15,18H,5,9-10,16-17H2,1-4H3. The van der Waals surface area contributed by atoms with Crippen LogP contribution in [0.4, 0.5) is 0 Å². The van der Waals surface area contributed by atoms with Gasteiger partial charge in [0, 0.05) is 16.4 Å². The monoisotopic (exact) mass is 416 g/mol. The number of pyridine rings is 1. The fraction of sp³-hybridized carbons (Fsp3) is 0.500. The number of benzene rings is 1. The number of hydrogen-bond acceptors (Lipinski definition) is 1. The summed E-state index contributed by atoms with van der Waals surface area (Å²) >= 11 is 3.52. The van der Waals surface area contributed by atoms with E-state index in [1.54, 1.807) is 0 Å². The zero-order valence-corrected chi connectivity index (χ0v) is 18.6. The van der Waals surface area contributed by atoms with Crippen LogP contribution in [-0.4, -0.2) is 13.8 Å². The second kappa shape index (κ2) is 9.68. The van der Waals surface area contributed by atoms with Crippen LogP contribution in [0.3, 0.4) is 0 Å². The molecule has 3 heteroatoms. The Morgan fingerprint density at radius 3 is 2.36 bits per heavy atom. The second-order valence-corrected chi connectivity index (χ2v) is 12.4. The molecular weight excluding hydrogens is 386 g/mol. The predicted octanol–water partition coefficient (Wildman–Crippen LogP) is 6.88. The van der Waals surface area contributed by atoms with E-state index in [0.29, 0.717) is 5.04 Å². The molecule has 1 heterocycles. The molecular formula is C22H31BrNSi. The lowest BCUT2D eigenvalue weighted by atomic mass is 9.99. The third-order valence-electron chi connectivity index (χ3n) is 5.05. The summed E-state index contributed by atoms with van der Waals surface area (Å²) in [7, 11) is -0.503. The molecule has 0 fully saturated rings. The molecule has 0 bridgehead atoms. The van der Waals surface area contributed by atoms with Crippen molar-refractivity contribution in [2.24, 2.45) is 5.92 Å². The van der Waals surface area contributed by atoms with E-state index in [4.69, 9.17) is 0 Å². The molecule has 0 N–H and O–H groups in total. The van der Waals surface area contributed by atoms with Crippen molar-refractivity contribution in [3.8, 4) is 0 Å². The van der Waals surface area contributed by atoms with Crippen LogP contribution in [0, 0.1) is 5.92 Å². The Morgan fingerprint density at radius 2 is 1.80 bits per heavy atom. The minimum atomic E-state index is -0.503. The summed E-state index contributed by atoms with van der Waals surface area (Å²) in [6, 6.07) is 17.7. The molecule has 1 atom stereocenters. The molecule has 25 heavy (non-hydrogen) atoms. The average Bonchev–Trinajstić information content (AvgIpc) is 2.59. The summed E-state index contributed by atoms with van der Waals surface area (Å²) in [6.07, 6.45) is 5.70.